The van der Waals surface area contributed by atoms with E-state index in [1.54, 1.807) is 18.3 Å². The molecule has 0 saturated heterocycles. The highest BCUT2D eigenvalue weighted by atomic mass is 16.5. The lowest BCUT2D eigenvalue weighted by Crippen LogP contribution is -2.36. The first kappa shape index (κ1) is 22.3. The molecule has 33 heavy (non-hydrogen) atoms. The van der Waals surface area contributed by atoms with Crippen LogP contribution in [0, 0.1) is 25.2 Å². The van der Waals surface area contributed by atoms with Gasteiger partial charge in [-0.05, 0) is 62.1 Å². The Morgan fingerprint density at radius 1 is 1.21 bits per heavy atom. The topological polar surface area (TPSA) is 96.5 Å². The molecule has 0 bridgehead atoms. The SMILES string of the molecule is Cc1cccc(Oc2nc3c(C)cccn3c(=O)c2/C=C(\C#N)C(=O)NC2CCCCC2)c1. The van der Waals surface area contributed by atoms with Gasteiger partial charge in [0, 0.05) is 12.2 Å². The Bertz CT molecular complexity index is 1330. The number of nitrogens with zero attached hydrogens (tertiary/aromatic N) is 3. The summed E-state index contributed by atoms with van der Waals surface area (Å²) >= 11 is 0. The number of carbonyl (C=O) groups is 1. The fourth-order valence-corrected chi connectivity index (χ4v) is 4.09. The van der Waals surface area contributed by atoms with Crippen LogP contribution in [0.1, 0.15) is 48.8 Å². The molecule has 0 spiro atoms. The number of carbonyl (C=O) groups excluding carboxylic acids is 1. The van der Waals surface area contributed by atoms with Crippen LogP contribution in [0.25, 0.3) is 11.7 Å². The fraction of sp³-hybridized carbons (Fsp3) is 0.308. The molecule has 1 fully saturated rings. The van der Waals surface area contributed by atoms with Crippen molar-refractivity contribution < 1.29 is 9.53 Å². The van der Waals surface area contributed by atoms with E-state index in [9.17, 15) is 14.9 Å². The molecule has 1 N–H and O–H groups in total. The van der Waals surface area contributed by atoms with Gasteiger partial charge in [-0.1, -0.05) is 37.5 Å². The van der Waals surface area contributed by atoms with Crippen LogP contribution in [0.2, 0.25) is 0 Å². The van der Waals surface area contributed by atoms with Gasteiger partial charge in [-0.25, -0.2) is 0 Å². The highest BCUT2D eigenvalue weighted by molar-refractivity contribution is 6.02. The molecule has 0 unspecified atom stereocenters. The molecule has 1 amide bonds. The molecule has 2 aromatic heterocycles. The number of fused-ring (bicyclic) bond motifs is 1. The smallest absolute Gasteiger partial charge is 0.269 e. The normalized spacial score (nSPS) is 14.6. The number of nitrogens with one attached hydrogen (secondary N) is 1. The van der Waals surface area contributed by atoms with Gasteiger partial charge in [0.1, 0.15) is 28.6 Å². The third-order valence-electron chi connectivity index (χ3n) is 5.85. The summed E-state index contributed by atoms with van der Waals surface area (Å²) in [6.07, 6.45) is 7.96. The second-order valence-electron chi connectivity index (χ2n) is 8.42. The molecule has 1 saturated carbocycles. The average Bonchev–Trinajstić information content (AvgIpc) is 2.80. The van der Waals surface area contributed by atoms with E-state index in [4.69, 9.17) is 4.74 Å². The molecule has 7 heteroatoms. The summed E-state index contributed by atoms with van der Waals surface area (Å²) in [5, 5.41) is 12.6. The van der Waals surface area contributed by atoms with Crippen molar-refractivity contribution in [3.8, 4) is 17.7 Å². The Balaban J connectivity index is 1.80. The van der Waals surface area contributed by atoms with Crippen molar-refractivity contribution in [3.63, 3.8) is 0 Å². The Labute approximate surface area is 192 Å². The number of hydrogen-bond acceptors (Lipinski definition) is 5. The fourth-order valence-electron chi connectivity index (χ4n) is 4.09. The first-order chi connectivity index (χ1) is 16.0. The Hall–Kier alpha value is -3.92. The monoisotopic (exact) mass is 442 g/mol. The van der Waals surface area contributed by atoms with Crippen LogP contribution in [0.3, 0.4) is 0 Å². The van der Waals surface area contributed by atoms with E-state index in [1.165, 1.54) is 10.5 Å². The minimum absolute atomic E-state index is 0.0458. The van der Waals surface area contributed by atoms with Crippen LogP contribution in [0.15, 0.2) is 53.0 Å². The summed E-state index contributed by atoms with van der Waals surface area (Å²) in [6.45, 7) is 3.79. The second-order valence-corrected chi connectivity index (χ2v) is 8.42. The number of pyridine rings is 1. The molecule has 2 heterocycles. The van der Waals surface area contributed by atoms with Crippen LogP contribution in [-0.4, -0.2) is 21.3 Å². The van der Waals surface area contributed by atoms with Gasteiger partial charge in [0.15, 0.2) is 0 Å². The predicted molar refractivity (Wildman–Crippen MR) is 126 cm³/mol. The van der Waals surface area contributed by atoms with E-state index >= 15 is 0 Å². The zero-order valence-electron chi connectivity index (χ0n) is 18.8. The number of aryl methyl sites for hydroxylation is 2. The zero-order chi connectivity index (χ0) is 23.4. The molecule has 4 rings (SSSR count). The third kappa shape index (κ3) is 4.96. The Morgan fingerprint density at radius 3 is 2.73 bits per heavy atom. The van der Waals surface area contributed by atoms with Gasteiger partial charge in [0.25, 0.3) is 11.5 Å². The van der Waals surface area contributed by atoms with Crippen molar-refractivity contribution in [2.45, 2.75) is 52.0 Å². The molecular formula is C26H26N4O3. The molecule has 168 valence electrons. The van der Waals surface area contributed by atoms with Crippen molar-refractivity contribution in [1.82, 2.24) is 14.7 Å². The average molecular weight is 443 g/mol. The molecule has 0 aliphatic heterocycles. The van der Waals surface area contributed by atoms with Crippen LogP contribution in [0.4, 0.5) is 0 Å². The van der Waals surface area contributed by atoms with E-state index in [-0.39, 0.29) is 23.1 Å². The summed E-state index contributed by atoms with van der Waals surface area (Å²) in [7, 11) is 0. The van der Waals surface area contributed by atoms with Crippen LogP contribution < -0.4 is 15.6 Å². The van der Waals surface area contributed by atoms with Crippen molar-refractivity contribution in [2.24, 2.45) is 0 Å². The van der Waals surface area contributed by atoms with Gasteiger partial charge in [-0.3, -0.25) is 14.0 Å². The van der Waals surface area contributed by atoms with E-state index < -0.39 is 11.5 Å². The number of nitriles is 1. The van der Waals surface area contributed by atoms with Crippen molar-refractivity contribution >= 4 is 17.6 Å². The molecular weight excluding hydrogens is 416 g/mol. The molecule has 1 aliphatic rings. The first-order valence-electron chi connectivity index (χ1n) is 11.2. The molecule has 1 aliphatic carbocycles. The highest BCUT2D eigenvalue weighted by Crippen LogP contribution is 2.25. The van der Waals surface area contributed by atoms with E-state index in [0.29, 0.717) is 11.4 Å². The standard InChI is InChI=1S/C26H26N4O3/c1-17-8-6-12-21(14-17)33-25-22(26(32)30-13-7-9-18(2)23(30)29-25)15-19(16-27)24(31)28-20-10-4-3-5-11-20/h6-9,12-15,20H,3-5,10-11H2,1-2H3,(H,28,31)/b19-15+. The lowest BCUT2D eigenvalue weighted by molar-refractivity contribution is -0.117. The van der Waals surface area contributed by atoms with Gasteiger partial charge in [0.05, 0.1) is 0 Å². The van der Waals surface area contributed by atoms with Crippen molar-refractivity contribution in [2.75, 3.05) is 0 Å². The number of ether oxygens (including phenoxy) is 1. The summed E-state index contributed by atoms with van der Waals surface area (Å²) in [4.78, 5) is 30.8. The largest absolute Gasteiger partial charge is 0.438 e. The highest BCUT2D eigenvalue weighted by Gasteiger charge is 2.21. The molecule has 3 aromatic rings. The predicted octanol–water partition coefficient (Wildman–Crippen LogP) is 4.46. The van der Waals surface area contributed by atoms with Gasteiger partial charge in [0.2, 0.25) is 5.88 Å². The minimum Gasteiger partial charge on any atom is -0.438 e. The Morgan fingerprint density at radius 2 is 2.00 bits per heavy atom. The lowest BCUT2D eigenvalue weighted by Gasteiger charge is -2.22. The van der Waals surface area contributed by atoms with Gasteiger partial charge < -0.3 is 10.1 Å². The third-order valence-corrected chi connectivity index (χ3v) is 5.85. The molecule has 0 radical (unpaired) electrons. The Kier molecular flexibility index (Phi) is 6.55. The maximum atomic E-state index is 13.4. The maximum Gasteiger partial charge on any atom is 0.269 e. The summed E-state index contributed by atoms with van der Waals surface area (Å²) < 4.78 is 7.40. The van der Waals surface area contributed by atoms with E-state index in [1.807, 2.05) is 44.2 Å². The number of hydrogen-bond donors (Lipinski definition) is 1. The number of amides is 1. The van der Waals surface area contributed by atoms with Crippen LogP contribution in [0.5, 0.6) is 11.6 Å². The summed E-state index contributed by atoms with van der Waals surface area (Å²) in [6, 6.07) is 13.0. The maximum absolute atomic E-state index is 13.4. The van der Waals surface area contributed by atoms with Crippen LogP contribution in [-0.2, 0) is 4.79 Å². The van der Waals surface area contributed by atoms with Crippen LogP contribution >= 0.6 is 0 Å². The zero-order valence-corrected chi connectivity index (χ0v) is 18.8. The number of benzene rings is 1. The number of aromatic nitrogens is 2. The minimum atomic E-state index is -0.486. The van der Waals surface area contributed by atoms with Gasteiger partial charge in [-0.15, -0.1) is 0 Å². The quantitative estimate of drug-likeness (QED) is 0.465. The van der Waals surface area contributed by atoms with E-state index in [2.05, 4.69) is 10.3 Å². The molecule has 0 atom stereocenters. The summed E-state index contributed by atoms with van der Waals surface area (Å²) in [5.74, 6) is 0.0809. The number of rotatable bonds is 5. The second kappa shape index (κ2) is 9.70. The van der Waals surface area contributed by atoms with Crippen molar-refractivity contribution in [1.29, 1.82) is 5.26 Å². The van der Waals surface area contributed by atoms with Gasteiger partial charge in [-0.2, -0.15) is 10.2 Å². The van der Waals surface area contributed by atoms with Gasteiger partial charge >= 0.3 is 0 Å². The van der Waals surface area contributed by atoms with E-state index in [0.717, 1.165) is 43.2 Å². The summed E-state index contributed by atoms with van der Waals surface area (Å²) in [5.41, 5.74) is 1.73. The van der Waals surface area contributed by atoms with Crippen molar-refractivity contribution in [3.05, 3.63) is 75.2 Å². The first-order valence-corrected chi connectivity index (χ1v) is 11.2. The molecule has 7 nitrogen and oxygen atoms in total. The lowest BCUT2D eigenvalue weighted by atomic mass is 9.95. The molecule has 1 aromatic carbocycles.